The second-order valence-corrected chi connectivity index (χ2v) is 7.76. The topological polar surface area (TPSA) is 61.4 Å². The fraction of sp³-hybridized carbons (Fsp3) is 0.200. The molecule has 0 bridgehead atoms. The maximum atomic E-state index is 15.0. The van der Waals surface area contributed by atoms with Crippen LogP contribution in [0.15, 0.2) is 66.9 Å². The molecule has 0 N–H and O–H groups in total. The Balaban J connectivity index is 1.78. The van der Waals surface area contributed by atoms with Crippen LogP contribution in [0, 0.1) is 19.7 Å². The molecule has 0 saturated heterocycles. The Morgan fingerprint density at radius 3 is 2.56 bits per heavy atom. The maximum absolute atomic E-state index is 15.0. The zero-order valence-corrected chi connectivity index (χ0v) is 18.2. The Morgan fingerprint density at radius 1 is 1.00 bits per heavy atom. The second-order valence-electron chi connectivity index (χ2n) is 7.76. The summed E-state index contributed by atoms with van der Waals surface area (Å²) in [5.74, 6) is 0.442. The summed E-state index contributed by atoms with van der Waals surface area (Å²) in [5, 5.41) is 8.49. The summed E-state index contributed by atoms with van der Waals surface area (Å²) in [4.78, 5) is 9.20. The minimum atomic E-state index is -0.451. The van der Waals surface area contributed by atoms with Crippen LogP contribution in [0.25, 0.3) is 22.3 Å². The third kappa shape index (κ3) is 3.26. The van der Waals surface area contributed by atoms with Crippen molar-refractivity contribution in [2.75, 3.05) is 0 Å². The predicted molar refractivity (Wildman–Crippen MR) is 122 cm³/mol. The number of halogens is 1. The quantitative estimate of drug-likeness (QED) is 0.392. The van der Waals surface area contributed by atoms with Gasteiger partial charge in [-0.1, -0.05) is 41.6 Å². The molecule has 0 radical (unpaired) electrons. The van der Waals surface area contributed by atoms with Crippen LogP contribution in [-0.4, -0.2) is 29.5 Å². The van der Waals surface area contributed by atoms with Gasteiger partial charge in [0, 0.05) is 18.3 Å². The molecule has 0 saturated carbocycles. The number of pyridine rings is 1. The van der Waals surface area contributed by atoms with Crippen molar-refractivity contribution in [3.8, 4) is 11.3 Å². The first-order chi connectivity index (χ1) is 15.6. The average Bonchev–Trinajstić information content (AvgIpc) is 3.34. The first-order valence-electron chi connectivity index (χ1n) is 10.6. The van der Waals surface area contributed by atoms with Gasteiger partial charge in [-0.15, -0.1) is 5.10 Å². The van der Waals surface area contributed by atoms with Crippen molar-refractivity contribution in [3.05, 3.63) is 95.5 Å². The van der Waals surface area contributed by atoms with Gasteiger partial charge in [0.05, 0.1) is 22.4 Å². The molecule has 0 fully saturated rings. The maximum Gasteiger partial charge on any atom is 0.147 e. The normalized spacial score (nSPS) is 12.4. The highest BCUT2D eigenvalue weighted by atomic mass is 19.1. The zero-order valence-electron chi connectivity index (χ0n) is 18.2. The van der Waals surface area contributed by atoms with Gasteiger partial charge in [-0.2, -0.15) is 0 Å². The summed E-state index contributed by atoms with van der Waals surface area (Å²) in [7, 11) is 0. The van der Waals surface area contributed by atoms with Crippen molar-refractivity contribution in [3.63, 3.8) is 0 Å². The molecule has 0 spiro atoms. The van der Waals surface area contributed by atoms with E-state index in [0.29, 0.717) is 5.69 Å². The van der Waals surface area contributed by atoms with Crippen molar-refractivity contribution in [2.45, 2.75) is 33.4 Å². The van der Waals surface area contributed by atoms with Crippen LogP contribution in [0.5, 0.6) is 0 Å². The van der Waals surface area contributed by atoms with E-state index in [0.717, 1.165) is 45.9 Å². The number of aromatic nitrogens is 6. The molecule has 2 aromatic carbocycles. The van der Waals surface area contributed by atoms with Crippen LogP contribution in [0.2, 0.25) is 0 Å². The van der Waals surface area contributed by atoms with Gasteiger partial charge in [-0.05, 0) is 50.6 Å². The van der Waals surface area contributed by atoms with E-state index in [4.69, 9.17) is 4.98 Å². The van der Waals surface area contributed by atoms with Gasteiger partial charge in [0.1, 0.15) is 23.4 Å². The van der Waals surface area contributed by atoms with E-state index in [9.17, 15) is 4.39 Å². The number of rotatable bonds is 5. The van der Waals surface area contributed by atoms with Crippen molar-refractivity contribution < 1.29 is 4.39 Å². The van der Waals surface area contributed by atoms with Gasteiger partial charge in [-0.3, -0.25) is 4.98 Å². The number of benzene rings is 2. The number of hydrogen-bond donors (Lipinski definition) is 0. The van der Waals surface area contributed by atoms with E-state index in [1.165, 1.54) is 6.07 Å². The summed E-state index contributed by atoms with van der Waals surface area (Å²) in [6.45, 7) is 6.66. The summed E-state index contributed by atoms with van der Waals surface area (Å²) >= 11 is 0. The highest BCUT2D eigenvalue weighted by Crippen LogP contribution is 2.34. The Hall–Kier alpha value is -3.87. The predicted octanol–water partition coefficient (Wildman–Crippen LogP) is 5.10. The molecular formula is C25H23FN6. The monoisotopic (exact) mass is 426 g/mol. The summed E-state index contributed by atoms with van der Waals surface area (Å²) < 4.78 is 18.9. The third-order valence-corrected chi connectivity index (χ3v) is 5.76. The number of hydrogen-bond acceptors (Lipinski definition) is 4. The fourth-order valence-electron chi connectivity index (χ4n) is 4.33. The number of aryl methyl sites for hydroxylation is 3. The minimum absolute atomic E-state index is 0.345. The first kappa shape index (κ1) is 20.1. The van der Waals surface area contributed by atoms with Crippen LogP contribution in [0.4, 0.5) is 4.39 Å². The molecule has 6 nitrogen and oxygen atoms in total. The molecule has 0 aliphatic rings. The summed E-state index contributed by atoms with van der Waals surface area (Å²) in [6.07, 6.45) is 1.63. The standard InChI is InChI=1S/C25H23FN6/c1-4-31-24(16(2)29-30-31)19-12-13-21-22(15-19)32(17(3)28-21)25(18-9-6-5-7-10-18)23-20(26)11-8-14-27-23/h5-15,25H,4H2,1-3H3/t25-/m1/s1. The fourth-order valence-corrected chi connectivity index (χ4v) is 4.33. The summed E-state index contributed by atoms with van der Waals surface area (Å²) in [6, 6.07) is 18.6. The first-order valence-corrected chi connectivity index (χ1v) is 10.6. The molecule has 3 heterocycles. The van der Waals surface area contributed by atoms with Crippen LogP contribution in [0.1, 0.15) is 35.7 Å². The van der Waals surface area contributed by atoms with E-state index < -0.39 is 6.04 Å². The molecule has 5 rings (SSSR count). The van der Waals surface area contributed by atoms with Crippen LogP contribution in [0.3, 0.4) is 0 Å². The van der Waals surface area contributed by atoms with E-state index >= 15 is 0 Å². The molecule has 32 heavy (non-hydrogen) atoms. The number of imidazole rings is 1. The van der Waals surface area contributed by atoms with Crippen molar-refractivity contribution >= 4 is 11.0 Å². The van der Waals surface area contributed by atoms with E-state index in [1.54, 1.807) is 12.3 Å². The Morgan fingerprint density at radius 2 is 1.81 bits per heavy atom. The van der Waals surface area contributed by atoms with Gasteiger partial charge in [0.15, 0.2) is 0 Å². The Bertz CT molecular complexity index is 1400. The average molecular weight is 426 g/mol. The lowest BCUT2D eigenvalue weighted by Crippen LogP contribution is -2.17. The zero-order chi connectivity index (χ0) is 22.2. The lowest BCUT2D eigenvalue weighted by molar-refractivity contribution is 0.556. The highest BCUT2D eigenvalue weighted by molar-refractivity contribution is 5.83. The largest absolute Gasteiger partial charge is 0.315 e. The Kier molecular flexibility index (Phi) is 5.01. The molecular weight excluding hydrogens is 403 g/mol. The molecule has 0 unspecified atom stereocenters. The van der Waals surface area contributed by atoms with Gasteiger partial charge in [0.25, 0.3) is 0 Å². The molecule has 0 aliphatic carbocycles. The minimum Gasteiger partial charge on any atom is -0.315 e. The molecule has 0 amide bonds. The lowest BCUT2D eigenvalue weighted by Gasteiger charge is -2.22. The van der Waals surface area contributed by atoms with Crippen molar-refractivity contribution in [2.24, 2.45) is 0 Å². The highest BCUT2D eigenvalue weighted by Gasteiger charge is 2.25. The van der Waals surface area contributed by atoms with E-state index in [1.807, 2.05) is 67.9 Å². The van der Waals surface area contributed by atoms with Gasteiger partial charge in [0.2, 0.25) is 0 Å². The van der Waals surface area contributed by atoms with E-state index in [-0.39, 0.29) is 5.82 Å². The van der Waals surface area contributed by atoms with Gasteiger partial charge < -0.3 is 4.57 Å². The van der Waals surface area contributed by atoms with Gasteiger partial charge in [-0.25, -0.2) is 14.1 Å². The molecule has 5 aromatic rings. The molecule has 3 aromatic heterocycles. The Labute approximate surface area is 185 Å². The van der Waals surface area contributed by atoms with Crippen molar-refractivity contribution in [1.82, 2.24) is 29.5 Å². The van der Waals surface area contributed by atoms with E-state index in [2.05, 4.69) is 25.9 Å². The summed E-state index contributed by atoms with van der Waals surface area (Å²) in [5.41, 5.74) is 5.89. The van der Waals surface area contributed by atoms with Crippen LogP contribution < -0.4 is 0 Å². The van der Waals surface area contributed by atoms with Crippen molar-refractivity contribution in [1.29, 1.82) is 0 Å². The third-order valence-electron chi connectivity index (χ3n) is 5.76. The van der Waals surface area contributed by atoms with Crippen LogP contribution >= 0.6 is 0 Å². The second kappa shape index (κ2) is 8.00. The van der Waals surface area contributed by atoms with Gasteiger partial charge >= 0.3 is 0 Å². The van der Waals surface area contributed by atoms with Crippen LogP contribution in [-0.2, 0) is 6.54 Å². The molecule has 160 valence electrons. The lowest BCUT2D eigenvalue weighted by atomic mass is 10.0. The molecule has 7 heteroatoms. The number of nitrogens with zero attached hydrogens (tertiary/aromatic N) is 6. The molecule has 0 aliphatic heterocycles. The molecule has 1 atom stereocenters. The SMILES string of the molecule is CCn1nnc(C)c1-c1ccc2nc(C)n([C@H](c3ccccc3)c3ncccc3F)c2c1. The smallest absolute Gasteiger partial charge is 0.147 e. The number of fused-ring (bicyclic) bond motifs is 1.